The van der Waals surface area contributed by atoms with E-state index in [-0.39, 0.29) is 29.5 Å². The van der Waals surface area contributed by atoms with Gasteiger partial charge in [-0.2, -0.15) is 0 Å². The van der Waals surface area contributed by atoms with E-state index < -0.39 is 5.79 Å². The molecule has 0 aromatic rings. The maximum atomic E-state index is 12.0. The molecule has 4 atom stereocenters. The van der Waals surface area contributed by atoms with E-state index in [1.807, 2.05) is 13.8 Å². The van der Waals surface area contributed by atoms with Crippen LogP contribution in [0.4, 0.5) is 0 Å². The molecule has 0 bridgehead atoms. The lowest BCUT2D eigenvalue weighted by Gasteiger charge is -2.51. The molecule has 1 aliphatic heterocycles. The molecule has 2 aliphatic rings. The van der Waals surface area contributed by atoms with Crippen LogP contribution in [0.25, 0.3) is 0 Å². The first-order valence-electron chi connectivity index (χ1n) is 7.32. The minimum atomic E-state index is -0.633. The highest BCUT2D eigenvalue weighted by Crippen LogP contribution is 2.56. The predicted octanol–water partition coefficient (Wildman–Crippen LogP) is 2.13. The van der Waals surface area contributed by atoms with Crippen molar-refractivity contribution in [3.05, 3.63) is 0 Å². The SMILES string of the molecule is CC[C@]1(C2OC(C)(C)O[C@@H]2COC)CC[C@H]1C(=O)OC. The zero-order valence-electron chi connectivity index (χ0n) is 13.1. The average molecular weight is 286 g/mol. The molecule has 0 N–H and O–H groups in total. The molecule has 5 heteroatoms. The average Bonchev–Trinajstić information content (AvgIpc) is 2.65. The van der Waals surface area contributed by atoms with Crippen LogP contribution in [-0.2, 0) is 23.7 Å². The lowest BCUT2D eigenvalue weighted by atomic mass is 9.55. The van der Waals surface area contributed by atoms with Crippen molar-refractivity contribution in [2.45, 2.75) is 58.0 Å². The molecule has 0 aromatic carbocycles. The molecule has 116 valence electrons. The maximum absolute atomic E-state index is 12.0. The van der Waals surface area contributed by atoms with E-state index in [2.05, 4.69) is 6.92 Å². The summed E-state index contributed by atoms with van der Waals surface area (Å²) in [5.41, 5.74) is -0.190. The van der Waals surface area contributed by atoms with Gasteiger partial charge in [0, 0.05) is 12.5 Å². The van der Waals surface area contributed by atoms with E-state index in [0.29, 0.717) is 6.61 Å². The van der Waals surface area contributed by atoms with E-state index in [1.54, 1.807) is 7.11 Å². The lowest BCUT2D eigenvalue weighted by molar-refractivity contribution is -0.190. The van der Waals surface area contributed by atoms with Gasteiger partial charge in [0.25, 0.3) is 0 Å². The van der Waals surface area contributed by atoms with Crippen molar-refractivity contribution in [2.75, 3.05) is 20.8 Å². The van der Waals surface area contributed by atoms with Gasteiger partial charge in [-0.15, -0.1) is 0 Å². The maximum Gasteiger partial charge on any atom is 0.309 e. The van der Waals surface area contributed by atoms with Gasteiger partial charge in [0.05, 0.1) is 25.7 Å². The smallest absolute Gasteiger partial charge is 0.309 e. The minimum absolute atomic E-state index is 0.0978. The Morgan fingerprint density at radius 3 is 2.45 bits per heavy atom. The van der Waals surface area contributed by atoms with Crippen molar-refractivity contribution in [3.63, 3.8) is 0 Å². The Morgan fingerprint density at radius 1 is 1.30 bits per heavy atom. The first kappa shape index (κ1) is 15.7. The van der Waals surface area contributed by atoms with Gasteiger partial charge in [-0.1, -0.05) is 6.92 Å². The number of esters is 1. The number of ether oxygens (including phenoxy) is 4. The fraction of sp³-hybridized carbons (Fsp3) is 0.933. The van der Waals surface area contributed by atoms with Crippen molar-refractivity contribution in [1.29, 1.82) is 0 Å². The molecular formula is C15H26O5. The third-order valence-corrected chi connectivity index (χ3v) is 4.82. The number of carbonyl (C=O) groups excluding carboxylic acids is 1. The largest absolute Gasteiger partial charge is 0.469 e. The van der Waals surface area contributed by atoms with Crippen LogP contribution in [0.1, 0.15) is 40.0 Å². The van der Waals surface area contributed by atoms with Crippen molar-refractivity contribution >= 4 is 5.97 Å². The molecule has 1 heterocycles. The van der Waals surface area contributed by atoms with Crippen LogP contribution in [0, 0.1) is 11.3 Å². The van der Waals surface area contributed by atoms with Gasteiger partial charge >= 0.3 is 5.97 Å². The molecule has 0 radical (unpaired) electrons. The summed E-state index contributed by atoms with van der Waals surface area (Å²) in [6.07, 6.45) is 2.44. The Balaban J connectivity index is 2.23. The topological polar surface area (TPSA) is 54.0 Å². The molecule has 2 rings (SSSR count). The van der Waals surface area contributed by atoms with Gasteiger partial charge in [-0.25, -0.2) is 0 Å². The summed E-state index contributed by atoms with van der Waals surface area (Å²) < 4.78 is 22.3. The quantitative estimate of drug-likeness (QED) is 0.725. The molecule has 1 saturated carbocycles. The second-order valence-corrected chi connectivity index (χ2v) is 6.25. The molecule has 2 fully saturated rings. The summed E-state index contributed by atoms with van der Waals surface area (Å²) in [6, 6.07) is 0. The summed E-state index contributed by atoms with van der Waals surface area (Å²) in [5.74, 6) is -0.867. The van der Waals surface area contributed by atoms with Crippen LogP contribution >= 0.6 is 0 Å². The number of rotatable bonds is 5. The molecular weight excluding hydrogens is 260 g/mol. The molecule has 1 aliphatic carbocycles. The number of hydrogen-bond donors (Lipinski definition) is 0. The zero-order chi connectivity index (χ0) is 15.0. The predicted molar refractivity (Wildman–Crippen MR) is 73.2 cm³/mol. The van der Waals surface area contributed by atoms with Gasteiger partial charge in [-0.05, 0) is 33.1 Å². The molecule has 5 nitrogen and oxygen atoms in total. The highest BCUT2D eigenvalue weighted by atomic mass is 16.8. The van der Waals surface area contributed by atoms with Crippen LogP contribution < -0.4 is 0 Å². The summed E-state index contributed by atoms with van der Waals surface area (Å²) in [4.78, 5) is 12.0. The van der Waals surface area contributed by atoms with Crippen molar-refractivity contribution in [3.8, 4) is 0 Å². The Kier molecular flexibility index (Phi) is 4.42. The molecule has 1 unspecified atom stereocenters. The van der Waals surface area contributed by atoms with Crippen LogP contribution in [0.15, 0.2) is 0 Å². The van der Waals surface area contributed by atoms with Crippen LogP contribution in [0.2, 0.25) is 0 Å². The summed E-state index contributed by atoms with van der Waals surface area (Å²) in [7, 11) is 3.10. The van der Waals surface area contributed by atoms with E-state index >= 15 is 0 Å². The van der Waals surface area contributed by atoms with Gasteiger partial charge in [0.2, 0.25) is 0 Å². The Bertz CT molecular complexity index is 363. The highest BCUT2D eigenvalue weighted by Gasteiger charge is 2.61. The zero-order valence-corrected chi connectivity index (χ0v) is 13.1. The Labute approximate surface area is 120 Å². The Morgan fingerprint density at radius 2 is 2.00 bits per heavy atom. The number of carbonyl (C=O) groups is 1. The standard InChI is InChI=1S/C15H26O5/c1-6-15(8-7-10(15)13(16)18-5)12-11(9-17-4)19-14(2,3)20-12/h10-12H,6-9H2,1-5H3/t10-,11+,12?,15-/m0/s1. The summed E-state index contributed by atoms with van der Waals surface area (Å²) in [6.45, 7) is 6.40. The minimum Gasteiger partial charge on any atom is -0.469 e. The van der Waals surface area contributed by atoms with Gasteiger partial charge in [0.1, 0.15) is 6.10 Å². The fourth-order valence-electron chi connectivity index (χ4n) is 3.73. The second kappa shape index (κ2) is 5.62. The number of methoxy groups -OCH3 is 2. The van der Waals surface area contributed by atoms with Gasteiger partial charge in [-0.3, -0.25) is 4.79 Å². The third-order valence-electron chi connectivity index (χ3n) is 4.82. The van der Waals surface area contributed by atoms with Crippen molar-refractivity contribution in [1.82, 2.24) is 0 Å². The molecule has 1 saturated heterocycles. The molecule has 0 spiro atoms. The van der Waals surface area contributed by atoms with E-state index in [4.69, 9.17) is 18.9 Å². The van der Waals surface area contributed by atoms with Crippen molar-refractivity contribution in [2.24, 2.45) is 11.3 Å². The Hall–Kier alpha value is -0.650. The highest BCUT2D eigenvalue weighted by molar-refractivity contribution is 5.74. The first-order chi connectivity index (χ1) is 9.40. The molecule has 20 heavy (non-hydrogen) atoms. The third kappa shape index (κ3) is 2.47. The monoisotopic (exact) mass is 286 g/mol. The lowest BCUT2D eigenvalue weighted by Crippen LogP contribution is -2.56. The van der Waals surface area contributed by atoms with Crippen LogP contribution in [0.3, 0.4) is 0 Å². The van der Waals surface area contributed by atoms with Crippen molar-refractivity contribution < 1.29 is 23.7 Å². The molecule has 0 amide bonds. The van der Waals surface area contributed by atoms with E-state index in [1.165, 1.54) is 7.11 Å². The number of hydrogen-bond acceptors (Lipinski definition) is 5. The van der Waals surface area contributed by atoms with Gasteiger partial charge < -0.3 is 18.9 Å². The normalized spacial score (nSPS) is 39.4. The first-order valence-corrected chi connectivity index (χ1v) is 7.32. The summed E-state index contributed by atoms with van der Waals surface area (Å²) in [5, 5.41) is 0. The fourth-order valence-corrected chi connectivity index (χ4v) is 3.73. The second-order valence-electron chi connectivity index (χ2n) is 6.25. The van der Waals surface area contributed by atoms with Crippen LogP contribution in [-0.4, -0.2) is 44.8 Å². The van der Waals surface area contributed by atoms with E-state index in [9.17, 15) is 4.79 Å². The van der Waals surface area contributed by atoms with E-state index in [0.717, 1.165) is 19.3 Å². The molecule has 0 aromatic heterocycles. The van der Waals surface area contributed by atoms with Gasteiger partial charge in [0.15, 0.2) is 5.79 Å². The summed E-state index contributed by atoms with van der Waals surface area (Å²) >= 11 is 0. The van der Waals surface area contributed by atoms with Crippen LogP contribution in [0.5, 0.6) is 0 Å².